The molecule has 6 aromatic rings. The predicted molar refractivity (Wildman–Crippen MR) is 148 cm³/mol. The lowest BCUT2D eigenvalue weighted by molar-refractivity contribution is -0.120. The molecule has 10 nitrogen and oxygen atoms in total. The van der Waals surface area contributed by atoms with Crippen molar-refractivity contribution in [3.05, 3.63) is 67.6 Å². The maximum absolute atomic E-state index is 12.8. The lowest BCUT2D eigenvalue weighted by Crippen LogP contribution is -2.24. The Morgan fingerprint density at radius 2 is 1.77 bits per heavy atom. The molecule has 6 heterocycles. The molecule has 3 N–H and O–H groups in total. The molecule has 0 aliphatic heterocycles. The van der Waals surface area contributed by atoms with E-state index < -0.39 is 0 Å². The molecule has 0 unspecified atom stereocenters. The van der Waals surface area contributed by atoms with Crippen LogP contribution in [0.3, 0.4) is 0 Å². The zero-order chi connectivity index (χ0) is 26.2. The Morgan fingerprint density at radius 1 is 0.897 bits per heavy atom. The minimum Gasteiger partial charge on any atom is -0.335 e. The number of hydrogen-bond acceptors (Lipinski definition) is 7. The second kappa shape index (κ2) is 9.71. The summed E-state index contributed by atoms with van der Waals surface area (Å²) in [6, 6.07) is 7.75. The first kappa shape index (κ1) is 23.2. The van der Waals surface area contributed by atoms with E-state index in [1.54, 1.807) is 43.4 Å². The van der Waals surface area contributed by atoms with E-state index in [0.29, 0.717) is 17.2 Å². The fraction of sp³-hybridized carbons (Fsp3) is 0.207. The van der Waals surface area contributed by atoms with E-state index >= 15 is 0 Å². The van der Waals surface area contributed by atoms with Crippen LogP contribution in [0.1, 0.15) is 32.1 Å². The van der Waals surface area contributed by atoms with E-state index in [1.807, 2.05) is 24.3 Å². The Balaban J connectivity index is 1.23. The van der Waals surface area contributed by atoms with Crippen LogP contribution >= 0.6 is 0 Å². The van der Waals surface area contributed by atoms with Crippen LogP contribution < -0.4 is 5.32 Å². The fourth-order valence-corrected chi connectivity index (χ4v) is 5.29. The third-order valence-electron chi connectivity index (χ3n) is 7.32. The number of pyridine rings is 4. The standard InChI is InChI=1S/C29H25N9O/c39-29(17-5-2-1-3-6-17)34-20-9-19(12-31-13-20)23-10-21-24(16-33-23)37-38-27(21)28-35-25-15-32-14-22(26(25)36-28)18-7-4-8-30-11-18/h4,7-17H,1-3,5-6H2,(H,34,39)(H,35,36)(H,37,38). The number of amides is 1. The third-order valence-corrected chi connectivity index (χ3v) is 7.32. The van der Waals surface area contributed by atoms with Crippen LogP contribution in [-0.4, -0.2) is 46.0 Å². The molecule has 0 atom stereocenters. The highest BCUT2D eigenvalue weighted by atomic mass is 16.1. The molecule has 1 fully saturated rings. The molecule has 1 saturated carbocycles. The molecule has 1 aliphatic rings. The molecular formula is C29H25N9O. The Hall–Kier alpha value is -4.99. The first-order valence-electron chi connectivity index (χ1n) is 13.1. The molecule has 0 radical (unpaired) electrons. The smallest absolute Gasteiger partial charge is 0.227 e. The van der Waals surface area contributed by atoms with Crippen molar-refractivity contribution in [2.24, 2.45) is 5.92 Å². The number of aromatic amines is 2. The number of nitrogens with one attached hydrogen (secondary N) is 3. The quantitative estimate of drug-likeness (QED) is 0.274. The topological polar surface area (TPSA) is 138 Å². The fourth-order valence-electron chi connectivity index (χ4n) is 5.29. The van der Waals surface area contributed by atoms with Gasteiger partial charge in [0.2, 0.25) is 5.91 Å². The van der Waals surface area contributed by atoms with Gasteiger partial charge >= 0.3 is 0 Å². The van der Waals surface area contributed by atoms with E-state index in [0.717, 1.165) is 70.0 Å². The predicted octanol–water partition coefficient (Wildman–Crippen LogP) is 5.54. The van der Waals surface area contributed by atoms with Crippen molar-refractivity contribution in [3.8, 4) is 33.9 Å². The minimum absolute atomic E-state index is 0.0687. The molecule has 6 aromatic heterocycles. The summed E-state index contributed by atoms with van der Waals surface area (Å²) >= 11 is 0. The van der Waals surface area contributed by atoms with Crippen molar-refractivity contribution in [2.75, 3.05) is 5.32 Å². The molecule has 0 bridgehead atoms. The van der Waals surface area contributed by atoms with Gasteiger partial charge in [-0.25, -0.2) is 4.98 Å². The first-order valence-corrected chi connectivity index (χ1v) is 13.1. The summed E-state index contributed by atoms with van der Waals surface area (Å²) in [6.45, 7) is 0. The van der Waals surface area contributed by atoms with E-state index in [4.69, 9.17) is 4.98 Å². The number of nitrogens with zero attached hydrogens (tertiary/aromatic N) is 6. The first-order chi connectivity index (χ1) is 19.2. The summed E-state index contributed by atoms with van der Waals surface area (Å²) < 4.78 is 0. The van der Waals surface area contributed by atoms with Crippen molar-refractivity contribution in [3.63, 3.8) is 0 Å². The Bertz CT molecular complexity index is 1800. The van der Waals surface area contributed by atoms with Crippen molar-refractivity contribution < 1.29 is 4.79 Å². The molecule has 10 heteroatoms. The van der Waals surface area contributed by atoms with Gasteiger partial charge in [0.15, 0.2) is 5.82 Å². The number of rotatable bonds is 5. The highest BCUT2D eigenvalue weighted by Gasteiger charge is 2.21. The van der Waals surface area contributed by atoms with Crippen LogP contribution in [0.5, 0.6) is 0 Å². The number of hydrogen-bond donors (Lipinski definition) is 3. The number of imidazole rings is 1. The average molecular weight is 516 g/mol. The average Bonchev–Trinajstić information content (AvgIpc) is 3.62. The Morgan fingerprint density at radius 3 is 2.64 bits per heavy atom. The van der Waals surface area contributed by atoms with Crippen molar-refractivity contribution >= 4 is 33.5 Å². The summed E-state index contributed by atoms with van der Waals surface area (Å²) in [5.41, 5.74) is 7.10. The molecule has 7 rings (SSSR count). The minimum atomic E-state index is 0.0687. The molecule has 0 aromatic carbocycles. The van der Waals surface area contributed by atoms with Crippen LogP contribution in [0, 0.1) is 5.92 Å². The van der Waals surface area contributed by atoms with Crippen LogP contribution in [0.15, 0.2) is 67.6 Å². The van der Waals surface area contributed by atoms with E-state index in [1.165, 1.54) is 6.42 Å². The molecule has 0 spiro atoms. The van der Waals surface area contributed by atoms with Crippen molar-refractivity contribution in [1.29, 1.82) is 0 Å². The van der Waals surface area contributed by atoms with Crippen LogP contribution in [0.2, 0.25) is 0 Å². The molecular weight excluding hydrogens is 490 g/mol. The maximum atomic E-state index is 12.8. The zero-order valence-electron chi connectivity index (χ0n) is 21.1. The second-order valence-electron chi connectivity index (χ2n) is 9.88. The highest BCUT2D eigenvalue weighted by molar-refractivity contribution is 5.97. The number of aromatic nitrogens is 8. The summed E-state index contributed by atoms with van der Waals surface area (Å²) in [4.78, 5) is 38.6. The van der Waals surface area contributed by atoms with Crippen LogP contribution in [-0.2, 0) is 4.79 Å². The van der Waals surface area contributed by atoms with Crippen LogP contribution in [0.25, 0.3) is 55.8 Å². The zero-order valence-corrected chi connectivity index (χ0v) is 21.1. The van der Waals surface area contributed by atoms with Gasteiger partial charge in [0.25, 0.3) is 0 Å². The summed E-state index contributed by atoms with van der Waals surface area (Å²) in [7, 11) is 0. The SMILES string of the molecule is O=C(Nc1cncc(-c2cc3c(-c4nc5c(-c6cccnc6)cncc5[nH]4)n[nH]c3cn2)c1)C1CCCCC1. The number of fused-ring (bicyclic) bond motifs is 2. The molecule has 192 valence electrons. The van der Waals surface area contributed by atoms with Gasteiger partial charge < -0.3 is 10.3 Å². The van der Waals surface area contributed by atoms with Gasteiger partial charge in [0, 0.05) is 52.8 Å². The van der Waals surface area contributed by atoms with Gasteiger partial charge in [0.1, 0.15) is 11.2 Å². The lowest BCUT2D eigenvalue weighted by Gasteiger charge is -2.20. The number of H-pyrrole nitrogens is 2. The number of carbonyl (C=O) groups is 1. The monoisotopic (exact) mass is 515 g/mol. The molecule has 1 aliphatic carbocycles. The summed E-state index contributed by atoms with van der Waals surface area (Å²) in [5.74, 6) is 0.764. The van der Waals surface area contributed by atoms with Gasteiger partial charge in [-0.1, -0.05) is 25.3 Å². The van der Waals surface area contributed by atoms with E-state index in [9.17, 15) is 4.79 Å². The Kier molecular flexibility index (Phi) is 5.77. The Labute approximate surface area is 223 Å². The van der Waals surface area contributed by atoms with Crippen LogP contribution in [0.4, 0.5) is 5.69 Å². The highest BCUT2D eigenvalue weighted by Crippen LogP contribution is 2.32. The van der Waals surface area contributed by atoms with Crippen molar-refractivity contribution in [2.45, 2.75) is 32.1 Å². The summed E-state index contributed by atoms with van der Waals surface area (Å²) in [5, 5.41) is 11.5. The largest absolute Gasteiger partial charge is 0.335 e. The number of anilines is 1. The van der Waals surface area contributed by atoms with Gasteiger partial charge in [-0.3, -0.25) is 29.8 Å². The molecule has 0 saturated heterocycles. The molecule has 39 heavy (non-hydrogen) atoms. The van der Waals surface area contributed by atoms with Gasteiger partial charge in [-0.05, 0) is 31.0 Å². The second-order valence-corrected chi connectivity index (χ2v) is 9.88. The maximum Gasteiger partial charge on any atom is 0.227 e. The normalized spacial score (nSPS) is 14.2. The van der Waals surface area contributed by atoms with Gasteiger partial charge in [-0.2, -0.15) is 5.10 Å². The van der Waals surface area contributed by atoms with E-state index in [2.05, 4.69) is 40.4 Å². The lowest BCUT2D eigenvalue weighted by atomic mass is 9.88. The molecule has 1 amide bonds. The summed E-state index contributed by atoms with van der Waals surface area (Å²) in [6.07, 6.45) is 17.6. The van der Waals surface area contributed by atoms with Gasteiger partial charge in [-0.15, -0.1) is 0 Å². The van der Waals surface area contributed by atoms with Crippen molar-refractivity contribution in [1.82, 2.24) is 40.1 Å². The van der Waals surface area contributed by atoms with E-state index in [-0.39, 0.29) is 11.8 Å². The third kappa shape index (κ3) is 4.39. The van der Waals surface area contributed by atoms with Gasteiger partial charge in [0.05, 0.1) is 41.0 Å². The number of carbonyl (C=O) groups excluding carboxylic acids is 1.